The molecule has 1 saturated heterocycles. The van der Waals surface area contributed by atoms with Crippen molar-refractivity contribution in [2.24, 2.45) is 0 Å². The highest BCUT2D eigenvalue weighted by atomic mass is 16.5. The molecular formula is C10H17NO4. The number of ether oxygens (including phenoxy) is 1. The Labute approximate surface area is 89.0 Å². The number of hydrogen-bond acceptors (Lipinski definition) is 4. The van der Waals surface area contributed by atoms with Gasteiger partial charge in [-0.1, -0.05) is 0 Å². The van der Waals surface area contributed by atoms with E-state index in [2.05, 4.69) is 0 Å². The molecule has 0 unspecified atom stereocenters. The van der Waals surface area contributed by atoms with Crippen LogP contribution in [0.15, 0.2) is 12.3 Å². The molecule has 0 atom stereocenters. The number of aliphatic hydroxyl groups is 1. The zero-order chi connectivity index (χ0) is 11.3. The molecule has 5 nitrogen and oxygen atoms in total. The van der Waals surface area contributed by atoms with Crippen LogP contribution in [0.2, 0.25) is 0 Å². The van der Waals surface area contributed by atoms with Gasteiger partial charge in [-0.2, -0.15) is 0 Å². The molecule has 1 aliphatic rings. The fourth-order valence-electron chi connectivity index (χ4n) is 1.62. The van der Waals surface area contributed by atoms with Gasteiger partial charge in [0.1, 0.15) is 0 Å². The lowest BCUT2D eigenvalue weighted by atomic mass is 9.94. The largest absolute Gasteiger partial charge is 0.478 e. The lowest BCUT2D eigenvalue weighted by Crippen LogP contribution is -2.44. The van der Waals surface area contributed by atoms with Crippen LogP contribution in [-0.2, 0) is 9.53 Å². The van der Waals surface area contributed by atoms with Crippen LogP contribution in [0.3, 0.4) is 0 Å². The van der Waals surface area contributed by atoms with Gasteiger partial charge in [0.2, 0.25) is 0 Å². The lowest BCUT2D eigenvalue weighted by Gasteiger charge is -2.34. The Morgan fingerprint density at radius 3 is 2.67 bits per heavy atom. The highest BCUT2D eigenvalue weighted by molar-refractivity contribution is 5.79. The van der Waals surface area contributed by atoms with Gasteiger partial charge in [0.25, 0.3) is 0 Å². The molecule has 0 aliphatic carbocycles. The van der Waals surface area contributed by atoms with Crippen molar-refractivity contribution >= 4 is 5.97 Å². The fraction of sp³-hybridized carbons (Fsp3) is 0.700. The van der Waals surface area contributed by atoms with Crippen molar-refractivity contribution in [2.45, 2.75) is 18.4 Å². The Morgan fingerprint density at radius 1 is 1.53 bits per heavy atom. The normalized spacial score (nSPS) is 20.4. The third-order valence-electron chi connectivity index (χ3n) is 2.44. The Morgan fingerprint density at radius 2 is 2.13 bits per heavy atom. The van der Waals surface area contributed by atoms with E-state index < -0.39 is 11.6 Å². The Hall–Kier alpha value is -1.07. The molecule has 0 aromatic rings. The number of carboxylic acids is 1. The number of carbonyl (C=O) groups is 1. The number of rotatable bonds is 4. The second-order valence-electron chi connectivity index (χ2n) is 3.91. The van der Waals surface area contributed by atoms with E-state index in [0.717, 1.165) is 6.08 Å². The van der Waals surface area contributed by atoms with Crippen LogP contribution in [0, 0.1) is 0 Å². The van der Waals surface area contributed by atoms with Crippen LogP contribution < -0.4 is 0 Å². The van der Waals surface area contributed by atoms with Gasteiger partial charge < -0.3 is 19.8 Å². The van der Waals surface area contributed by atoms with Gasteiger partial charge in [0, 0.05) is 51.9 Å². The number of likely N-dealkylation sites (N-methyl/N-ethyl adjacent to an activating group) is 1. The molecule has 0 radical (unpaired) electrons. The molecule has 0 aromatic heterocycles. The predicted octanol–water partition coefficient (Wildman–Crippen LogP) is 0.0580. The van der Waals surface area contributed by atoms with Crippen molar-refractivity contribution in [1.82, 2.24) is 4.90 Å². The highest BCUT2D eigenvalue weighted by Crippen LogP contribution is 2.21. The first-order chi connectivity index (χ1) is 7.02. The first-order valence-electron chi connectivity index (χ1n) is 4.93. The standard InChI is InChI=1S/C10H17NO4/c1-11(5-2-9(12)13)8-10(14)3-6-15-7-4-10/h2,5,14H,3-4,6-8H2,1H3,(H,12,13)/b5-2+. The van der Waals surface area contributed by atoms with Crippen molar-refractivity contribution in [3.63, 3.8) is 0 Å². The van der Waals surface area contributed by atoms with Gasteiger partial charge in [-0.3, -0.25) is 0 Å². The highest BCUT2D eigenvalue weighted by Gasteiger charge is 2.30. The van der Waals surface area contributed by atoms with Crippen LogP contribution in [0.5, 0.6) is 0 Å². The minimum Gasteiger partial charge on any atom is -0.478 e. The van der Waals surface area contributed by atoms with Crippen molar-refractivity contribution in [2.75, 3.05) is 26.8 Å². The van der Waals surface area contributed by atoms with Crippen LogP contribution in [0.25, 0.3) is 0 Å². The molecule has 2 N–H and O–H groups in total. The zero-order valence-corrected chi connectivity index (χ0v) is 8.85. The first kappa shape index (κ1) is 12.0. The third kappa shape index (κ3) is 4.31. The number of nitrogens with zero attached hydrogens (tertiary/aromatic N) is 1. The number of hydrogen-bond donors (Lipinski definition) is 2. The van der Waals surface area contributed by atoms with Crippen molar-refractivity contribution in [3.8, 4) is 0 Å². The molecule has 0 saturated carbocycles. The summed E-state index contributed by atoms with van der Waals surface area (Å²) < 4.78 is 5.15. The summed E-state index contributed by atoms with van der Waals surface area (Å²) >= 11 is 0. The van der Waals surface area contributed by atoms with E-state index in [-0.39, 0.29) is 0 Å². The fourth-order valence-corrected chi connectivity index (χ4v) is 1.62. The summed E-state index contributed by atoms with van der Waals surface area (Å²) in [6.45, 7) is 1.56. The van der Waals surface area contributed by atoms with Gasteiger partial charge in [-0.25, -0.2) is 4.79 Å². The second-order valence-corrected chi connectivity index (χ2v) is 3.91. The first-order valence-corrected chi connectivity index (χ1v) is 4.93. The van der Waals surface area contributed by atoms with Gasteiger partial charge >= 0.3 is 5.97 Å². The molecule has 0 amide bonds. The Balaban J connectivity index is 2.41. The summed E-state index contributed by atoms with van der Waals surface area (Å²) in [5.74, 6) is -0.985. The summed E-state index contributed by atoms with van der Waals surface area (Å²) in [6.07, 6.45) is 3.70. The summed E-state index contributed by atoms with van der Waals surface area (Å²) in [5, 5.41) is 18.5. The zero-order valence-electron chi connectivity index (χ0n) is 8.85. The Bertz CT molecular complexity index is 246. The maximum Gasteiger partial charge on any atom is 0.329 e. The topological polar surface area (TPSA) is 70.0 Å². The maximum absolute atomic E-state index is 10.3. The number of aliphatic carboxylic acids is 1. The van der Waals surface area contributed by atoms with Crippen molar-refractivity contribution < 1.29 is 19.7 Å². The van der Waals surface area contributed by atoms with Crippen LogP contribution in [-0.4, -0.2) is 53.5 Å². The van der Waals surface area contributed by atoms with Gasteiger partial charge in [0.05, 0.1) is 5.60 Å². The lowest BCUT2D eigenvalue weighted by molar-refractivity contribution is -0.131. The van der Waals surface area contributed by atoms with E-state index >= 15 is 0 Å². The van der Waals surface area contributed by atoms with E-state index in [9.17, 15) is 9.90 Å². The van der Waals surface area contributed by atoms with Crippen LogP contribution in [0.4, 0.5) is 0 Å². The van der Waals surface area contributed by atoms with E-state index in [4.69, 9.17) is 9.84 Å². The summed E-state index contributed by atoms with van der Waals surface area (Å²) in [7, 11) is 1.74. The van der Waals surface area contributed by atoms with E-state index in [1.807, 2.05) is 0 Å². The average Bonchev–Trinajstić information content (AvgIpc) is 2.15. The summed E-state index contributed by atoms with van der Waals surface area (Å²) in [6, 6.07) is 0. The van der Waals surface area contributed by atoms with E-state index in [0.29, 0.717) is 32.6 Å². The average molecular weight is 215 g/mol. The van der Waals surface area contributed by atoms with Gasteiger partial charge in [-0.15, -0.1) is 0 Å². The molecule has 1 heterocycles. The van der Waals surface area contributed by atoms with Crippen molar-refractivity contribution in [1.29, 1.82) is 0 Å². The maximum atomic E-state index is 10.3. The molecule has 1 rings (SSSR count). The number of carboxylic acid groups (broad SMARTS) is 1. The third-order valence-corrected chi connectivity index (χ3v) is 2.44. The van der Waals surface area contributed by atoms with E-state index in [1.165, 1.54) is 6.20 Å². The molecule has 1 aliphatic heterocycles. The second kappa shape index (κ2) is 5.14. The molecule has 0 bridgehead atoms. The Kier molecular flexibility index (Phi) is 4.11. The minimum absolute atomic E-state index is 0.431. The molecular weight excluding hydrogens is 198 g/mol. The molecule has 0 spiro atoms. The van der Waals surface area contributed by atoms with Crippen LogP contribution >= 0.6 is 0 Å². The van der Waals surface area contributed by atoms with Gasteiger partial charge in [-0.05, 0) is 0 Å². The summed E-state index contributed by atoms with van der Waals surface area (Å²) in [5.41, 5.74) is -0.754. The monoisotopic (exact) mass is 215 g/mol. The minimum atomic E-state index is -0.985. The molecule has 0 aromatic carbocycles. The molecule has 86 valence electrons. The molecule has 15 heavy (non-hydrogen) atoms. The quantitative estimate of drug-likeness (QED) is 0.649. The SMILES string of the molecule is CN(/C=C/C(=O)O)CC1(O)CCOCC1. The van der Waals surface area contributed by atoms with E-state index in [1.54, 1.807) is 11.9 Å². The molecule has 5 heteroatoms. The molecule has 1 fully saturated rings. The smallest absolute Gasteiger partial charge is 0.329 e. The predicted molar refractivity (Wildman–Crippen MR) is 54.4 cm³/mol. The van der Waals surface area contributed by atoms with Crippen molar-refractivity contribution in [3.05, 3.63) is 12.3 Å². The summed E-state index contributed by atoms with van der Waals surface area (Å²) in [4.78, 5) is 12.0. The van der Waals surface area contributed by atoms with Gasteiger partial charge in [0.15, 0.2) is 0 Å². The van der Waals surface area contributed by atoms with Crippen LogP contribution in [0.1, 0.15) is 12.8 Å².